The van der Waals surface area contributed by atoms with Crippen LogP contribution in [0.2, 0.25) is 0 Å². The van der Waals surface area contributed by atoms with Crippen LogP contribution in [-0.4, -0.2) is 61.5 Å². The first-order valence-corrected chi connectivity index (χ1v) is 6.36. The average molecular weight is 245 g/mol. The molecule has 0 aromatic carbocycles. The van der Waals surface area contributed by atoms with Crippen LogP contribution in [0.25, 0.3) is 0 Å². The van der Waals surface area contributed by atoms with Gasteiger partial charge in [-0.1, -0.05) is 13.3 Å². The molecule has 1 fully saturated rings. The second kappa shape index (κ2) is 8.44. The average Bonchev–Trinajstić information content (AvgIpc) is 2.28. The Kier molecular flexibility index (Phi) is 7.16. The summed E-state index contributed by atoms with van der Waals surface area (Å²) in [6.07, 6.45) is 2.17. The molecule has 0 radical (unpaired) electrons. The fourth-order valence-corrected chi connectivity index (χ4v) is 1.84. The van der Waals surface area contributed by atoms with Crippen molar-refractivity contribution in [3.05, 3.63) is 0 Å². The molecule has 1 N–H and O–H groups in total. The van der Waals surface area contributed by atoms with Crippen LogP contribution in [0.3, 0.4) is 0 Å². The lowest BCUT2D eigenvalue weighted by atomic mass is 10.2. The van der Waals surface area contributed by atoms with Crippen molar-refractivity contribution in [2.45, 2.75) is 32.3 Å². The molecular formula is C12H23NO4. The van der Waals surface area contributed by atoms with Crippen molar-refractivity contribution in [2.24, 2.45) is 0 Å². The lowest BCUT2D eigenvalue weighted by molar-refractivity contribution is -0.142. The molecule has 1 unspecified atom stereocenters. The lowest BCUT2D eigenvalue weighted by Crippen LogP contribution is -2.44. The summed E-state index contributed by atoms with van der Waals surface area (Å²) in [5.74, 6) is -0.795. The summed E-state index contributed by atoms with van der Waals surface area (Å²) in [4.78, 5) is 12.8. The Morgan fingerprint density at radius 1 is 1.53 bits per heavy atom. The predicted octanol–water partition coefficient (Wildman–Crippen LogP) is 0.979. The van der Waals surface area contributed by atoms with Gasteiger partial charge in [0.15, 0.2) is 0 Å². The van der Waals surface area contributed by atoms with E-state index in [1.807, 2.05) is 0 Å². The van der Waals surface area contributed by atoms with Gasteiger partial charge in [-0.05, 0) is 6.42 Å². The van der Waals surface area contributed by atoms with Gasteiger partial charge in [0.05, 0.1) is 25.7 Å². The summed E-state index contributed by atoms with van der Waals surface area (Å²) in [5, 5.41) is 8.70. The molecule has 0 saturated carbocycles. The standard InChI is InChI=1S/C12H23NO4/c1-2-3-6-16-7-4-13-5-8-17-11(10-13)9-12(14)15/h11H,2-10H2,1H3,(H,14,15). The monoisotopic (exact) mass is 245 g/mol. The molecule has 0 aromatic heterocycles. The Labute approximate surface area is 103 Å². The maximum atomic E-state index is 10.6. The number of carboxylic acids is 1. The van der Waals surface area contributed by atoms with E-state index in [0.29, 0.717) is 13.2 Å². The van der Waals surface area contributed by atoms with Gasteiger partial charge in [-0.2, -0.15) is 0 Å². The fraction of sp³-hybridized carbons (Fsp3) is 0.917. The molecule has 0 aliphatic carbocycles. The molecule has 0 amide bonds. The normalized spacial score (nSPS) is 21.6. The third-order valence-electron chi connectivity index (χ3n) is 2.82. The van der Waals surface area contributed by atoms with E-state index in [9.17, 15) is 4.79 Å². The van der Waals surface area contributed by atoms with Crippen molar-refractivity contribution in [3.63, 3.8) is 0 Å². The molecule has 1 atom stereocenters. The van der Waals surface area contributed by atoms with Gasteiger partial charge in [-0.3, -0.25) is 9.69 Å². The van der Waals surface area contributed by atoms with Crippen LogP contribution in [0.1, 0.15) is 26.2 Å². The zero-order chi connectivity index (χ0) is 12.5. The van der Waals surface area contributed by atoms with Crippen LogP contribution in [0.15, 0.2) is 0 Å². The van der Waals surface area contributed by atoms with Gasteiger partial charge in [0.1, 0.15) is 0 Å². The maximum absolute atomic E-state index is 10.6. The molecule has 1 heterocycles. The molecular weight excluding hydrogens is 222 g/mol. The van der Waals surface area contributed by atoms with Gasteiger partial charge in [0.2, 0.25) is 0 Å². The van der Waals surface area contributed by atoms with E-state index in [2.05, 4.69) is 11.8 Å². The number of unbranched alkanes of at least 4 members (excludes halogenated alkanes) is 1. The molecule has 17 heavy (non-hydrogen) atoms. The molecule has 100 valence electrons. The summed E-state index contributed by atoms with van der Waals surface area (Å²) in [5.41, 5.74) is 0. The van der Waals surface area contributed by atoms with Crippen molar-refractivity contribution in [2.75, 3.05) is 39.5 Å². The van der Waals surface area contributed by atoms with Gasteiger partial charge in [-0.15, -0.1) is 0 Å². The minimum absolute atomic E-state index is 0.0905. The largest absolute Gasteiger partial charge is 0.481 e. The first-order chi connectivity index (χ1) is 8.22. The summed E-state index contributed by atoms with van der Waals surface area (Å²) in [6, 6.07) is 0. The van der Waals surface area contributed by atoms with Crippen LogP contribution in [0.5, 0.6) is 0 Å². The van der Waals surface area contributed by atoms with E-state index in [1.165, 1.54) is 0 Å². The van der Waals surface area contributed by atoms with Crippen LogP contribution >= 0.6 is 0 Å². The van der Waals surface area contributed by atoms with Gasteiger partial charge in [-0.25, -0.2) is 0 Å². The van der Waals surface area contributed by atoms with Crippen molar-refractivity contribution < 1.29 is 19.4 Å². The molecule has 5 heteroatoms. The van der Waals surface area contributed by atoms with Crippen molar-refractivity contribution in [1.29, 1.82) is 0 Å². The third-order valence-corrected chi connectivity index (χ3v) is 2.82. The van der Waals surface area contributed by atoms with Crippen molar-refractivity contribution in [1.82, 2.24) is 4.90 Å². The number of morpholine rings is 1. The fourth-order valence-electron chi connectivity index (χ4n) is 1.84. The quantitative estimate of drug-likeness (QED) is 0.646. The van der Waals surface area contributed by atoms with E-state index in [1.54, 1.807) is 0 Å². The zero-order valence-corrected chi connectivity index (χ0v) is 10.6. The highest BCUT2D eigenvalue weighted by atomic mass is 16.5. The molecule has 0 bridgehead atoms. The van der Waals surface area contributed by atoms with Gasteiger partial charge < -0.3 is 14.6 Å². The van der Waals surface area contributed by atoms with Crippen LogP contribution in [0, 0.1) is 0 Å². The highest BCUT2D eigenvalue weighted by Gasteiger charge is 2.22. The third kappa shape index (κ3) is 6.61. The van der Waals surface area contributed by atoms with E-state index >= 15 is 0 Å². The lowest BCUT2D eigenvalue weighted by Gasteiger charge is -2.32. The Hall–Kier alpha value is -0.650. The van der Waals surface area contributed by atoms with Gasteiger partial charge in [0.25, 0.3) is 0 Å². The Bertz CT molecular complexity index is 223. The molecule has 5 nitrogen and oxygen atoms in total. The zero-order valence-electron chi connectivity index (χ0n) is 10.6. The highest BCUT2D eigenvalue weighted by molar-refractivity contribution is 5.67. The van der Waals surface area contributed by atoms with E-state index < -0.39 is 5.97 Å². The summed E-state index contributed by atoms with van der Waals surface area (Å²) in [7, 11) is 0. The highest BCUT2D eigenvalue weighted by Crippen LogP contribution is 2.08. The summed E-state index contributed by atoms with van der Waals surface area (Å²) < 4.78 is 10.9. The number of rotatable bonds is 8. The first-order valence-electron chi connectivity index (χ1n) is 6.36. The second-order valence-corrected chi connectivity index (χ2v) is 4.36. The van der Waals surface area contributed by atoms with Crippen molar-refractivity contribution >= 4 is 5.97 Å². The predicted molar refractivity (Wildman–Crippen MR) is 64.2 cm³/mol. The Balaban J connectivity index is 2.09. The van der Waals surface area contributed by atoms with Crippen LogP contribution < -0.4 is 0 Å². The number of carbonyl (C=O) groups is 1. The molecule has 0 aromatic rings. The van der Waals surface area contributed by atoms with E-state index in [-0.39, 0.29) is 12.5 Å². The molecule has 0 spiro atoms. The molecule has 1 aliphatic heterocycles. The van der Waals surface area contributed by atoms with Gasteiger partial charge in [0, 0.05) is 26.2 Å². The minimum Gasteiger partial charge on any atom is -0.481 e. The SMILES string of the molecule is CCCCOCCN1CCOC(CC(=O)O)C1. The Morgan fingerprint density at radius 3 is 3.06 bits per heavy atom. The summed E-state index contributed by atoms with van der Waals surface area (Å²) >= 11 is 0. The molecule has 1 aliphatic rings. The topological polar surface area (TPSA) is 59.0 Å². The number of nitrogens with zero attached hydrogens (tertiary/aromatic N) is 1. The second-order valence-electron chi connectivity index (χ2n) is 4.36. The summed E-state index contributed by atoms with van der Waals surface area (Å²) in [6.45, 7) is 6.73. The van der Waals surface area contributed by atoms with Crippen LogP contribution in [0.4, 0.5) is 0 Å². The smallest absolute Gasteiger partial charge is 0.306 e. The number of aliphatic carboxylic acids is 1. The molecule has 1 rings (SSSR count). The maximum Gasteiger partial charge on any atom is 0.306 e. The van der Waals surface area contributed by atoms with Crippen molar-refractivity contribution in [3.8, 4) is 0 Å². The van der Waals surface area contributed by atoms with Crippen LogP contribution in [-0.2, 0) is 14.3 Å². The minimum atomic E-state index is -0.795. The number of carboxylic acid groups (broad SMARTS) is 1. The Morgan fingerprint density at radius 2 is 2.35 bits per heavy atom. The van der Waals surface area contributed by atoms with E-state index in [0.717, 1.165) is 39.1 Å². The number of hydrogen-bond donors (Lipinski definition) is 1. The first kappa shape index (κ1) is 14.4. The van der Waals surface area contributed by atoms with E-state index in [4.69, 9.17) is 14.6 Å². The molecule has 1 saturated heterocycles. The number of ether oxygens (including phenoxy) is 2. The van der Waals surface area contributed by atoms with Gasteiger partial charge >= 0.3 is 5.97 Å². The number of hydrogen-bond acceptors (Lipinski definition) is 4.